The molecular formula is C6H5IMnO+3. The van der Waals surface area contributed by atoms with Crippen molar-refractivity contribution in [2.24, 2.45) is 0 Å². The van der Waals surface area contributed by atoms with Crippen LogP contribution in [0.25, 0.3) is 0 Å². The van der Waals surface area contributed by atoms with Crippen molar-refractivity contribution in [3.63, 3.8) is 0 Å². The van der Waals surface area contributed by atoms with Crippen LogP contribution in [0.2, 0.25) is 0 Å². The van der Waals surface area contributed by atoms with E-state index >= 15 is 0 Å². The summed E-state index contributed by atoms with van der Waals surface area (Å²) in [6.07, 6.45) is 0. The molecular weight excluding hydrogens is 270 g/mol. The quantitative estimate of drug-likeness (QED) is 0.567. The van der Waals surface area contributed by atoms with Crippen LogP contribution in [0.1, 0.15) is 0 Å². The summed E-state index contributed by atoms with van der Waals surface area (Å²) in [5.74, 6) is 0. The summed E-state index contributed by atoms with van der Waals surface area (Å²) in [6, 6.07) is 9.46. The van der Waals surface area contributed by atoms with E-state index in [9.17, 15) is 3.07 Å². The minimum atomic E-state index is -0.941. The van der Waals surface area contributed by atoms with Crippen molar-refractivity contribution in [2.45, 2.75) is 0 Å². The van der Waals surface area contributed by atoms with Gasteiger partial charge in [-0.1, -0.05) is 18.2 Å². The standard InChI is InChI=1S/C6H5IO.Mn/c8-7-6-4-2-1-3-5-6;/h1-5H;/q;+3. The molecule has 0 unspecified atom stereocenters. The maximum Gasteiger partial charge on any atom is 3.00 e. The summed E-state index contributed by atoms with van der Waals surface area (Å²) in [5, 5.41) is 0. The molecule has 0 fully saturated rings. The van der Waals surface area contributed by atoms with Crippen molar-refractivity contribution in [1.82, 2.24) is 0 Å². The van der Waals surface area contributed by atoms with Crippen LogP contribution in [-0.2, 0) is 20.1 Å². The third kappa shape index (κ3) is 3.08. The zero-order valence-corrected chi connectivity index (χ0v) is 7.89. The minimum Gasteiger partial charge on any atom is -0.265 e. The topological polar surface area (TPSA) is 17.1 Å². The molecule has 1 aromatic rings. The number of rotatable bonds is 1. The van der Waals surface area contributed by atoms with Crippen molar-refractivity contribution in [3.8, 4) is 0 Å². The Labute approximate surface area is 75.0 Å². The number of hydrogen-bond donors (Lipinski definition) is 0. The first-order chi connectivity index (χ1) is 3.93. The van der Waals surface area contributed by atoms with Crippen LogP contribution in [0.3, 0.4) is 0 Å². The predicted molar refractivity (Wildman–Crippen MR) is 39.8 cm³/mol. The van der Waals surface area contributed by atoms with Gasteiger partial charge in [0.2, 0.25) is 0 Å². The molecule has 0 atom stereocenters. The van der Waals surface area contributed by atoms with Gasteiger partial charge in [-0.15, -0.1) is 0 Å². The fourth-order valence-electron chi connectivity index (χ4n) is 0.466. The van der Waals surface area contributed by atoms with E-state index < -0.39 is 21.2 Å². The Hall–Kier alpha value is 0.269. The molecule has 0 heterocycles. The van der Waals surface area contributed by atoms with Gasteiger partial charge in [0, 0.05) is 3.57 Å². The molecule has 9 heavy (non-hydrogen) atoms. The number of hydrogen-bond acceptors (Lipinski definition) is 1. The van der Waals surface area contributed by atoms with Crippen LogP contribution < -0.4 is 0 Å². The first-order valence-electron chi connectivity index (χ1n) is 2.25. The van der Waals surface area contributed by atoms with Crippen molar-refractivity contribution < 1.29 is 20.1 Å². The molecule has 0 spiro atoms. The van der Waals surface area contributed by atoms with Gasteiger partial charge in [0.05, 0.1) is 0 Å². The van der Waals surface area contributed by atoms with Crippen LogP contribution >= 0.6 is 21.2 Å². The van der Waals surface area contributed by atoms with Crippen LogP contribution in [0.4, 0.5) is 0 Å². The van der Waals surface area contributed by atoms with Crippen LogP contribution in [0, 0.1) is 3.57 Å². The Morgan fingerprint density at radius 3 is 2.00 bits per heavy atom. The third-order valence-corrected chi connectivity index (χ3v) is 2.05. The fraction of sp³-hybridized carbons (Fsp3) is 0. The molecule has 1 rings (SSSR count). The van der Waals surface area contributed by atoms with E-state index in [0.717, 1.165) is 3.57 Å². The molecule has 1 aromatic carbocycles. The minimum absolute atomic E-state index is 0. The van der Waals surface area contributed by atoms with Gasteiger partial charge in [-0.3, -0.25) is 3.07 Å². The first kappa shape index (κ1) is 9.27. The molecule has 0 saturated heterocycles. The van der Waals surface area contributed by atoms with E-state index in [4.69, 9.17) is 0 Å². The van der Waals surface area contributed by atoms with E-state index in [2.05, 4.69) is 0 Å². The second-order valence-corrected chi connectivity index (χ2v) is 3.06. The second kappa shape index (κ2) is 5.09. The Morgan fingerprint density at radius 1 is 1.11 bits per heavy atom. The molecule has 0 N–H and O–H groups in total. The van der Waals surface area contributed by atoms with E-state index in [1.165, 1.54) is 0 Å². The van der Waals surface area contributed by atoms with E-state index in [-0.39, 0.29) is 17.1 Å². The molecule has 0 aliphatic heterocycles. The summed E-state index contributed by atoms with van der Waals surface area (Å²) in [4.78, 5) is 0. The molecule has 3 heteroatoms. The summed E-state index contributed by atoms with van der Waals surface area (Å²) >= 11 is -0.941. The largest absolute Gasteiger partial charge is 3.00 e. The van der Waals surface area contributed by atoms with Gasteiger partial charge in [-0.25, -0.2) is 0 Å². The molecule has 0 aromatic heterocycles. The average Bonchev–Trinajstić information content (AvgIpc) is 1.90. The van der Waals surface area contributed by atoms with Gasteiger partial charge < -0.3 is 0 Å². The average molecular weight is 275 g/mol. The molecule has 0 saturated carbocycles. The summed E-state index contributed by atoms with van der Waals surface area (Å²) in [6.45, 7) is 0. The predicted octanol–water partition coefficient (Wildman–Crippen LogP) is 2.17. The van der Waals surface area contributed by atoms with Crippen LogP contribution in [0.5, 0.6) is 0 Å². The number of benzene rings is 1. The van der Waals surface area contributed by atoms with Gasteiger partial charge in [-0.05, 0) is 12.1 Å². The third-order valence-electron chi connectivity index (χ3n) is 0.822. The van der Waals surface area contributed by atoms with Crippen LogP contribution in [0.15, 0.2) is 30.3 Å². The maximum absolute atomic E-state index is 10.2. The number of halogens is 1. The molecule has 0 aliphatic rings. The van der Waals surface area contributed by atoms with Crippen molar-refractivity contribution in [1.29, 1.82) is 0 Å². The summed E-state index contributed by atoms with van der Waals surface area (Å²) in [7, 11) is 0. The summed E-state index contributed by atoms with van der Waals surface area (Å²) < 4.78 is 11.2. The zero-order valence-electron chi connectivity index (χ0n) is 4.55. The Morgan fingerprint density at radius 2 is 1.67 bits per heavy atom. The Balaban J connectivity index is 0.000000640. The molecule has 46 valence electrons. The molecule has 0 aliphatic carbocycles. The van der Waals surface area contributed by atoms with Crippen molar-refractivity contribution in [2.75, 3.05) is 0 Å². The molecule has 0 bridgehead atoms. The molecule has 0 amide bonds. The normalized spacial score (nSPS) is 8.00. The van der Waals surface area contributed by atoms with Gasteiger partial charge in [-0.2, -0.15) is 0 Å². The molecule has 1 nitrogen and oxygen atoms in total. The zero-order chi connectivity index (χ0) is 5.82. The van der Waals surface area contributed by atoms with E-state index in [1.807, 2.05) is 30.3 Å². The summed E-state index contributed by atoms with van der Waals surface area (Å²) in [5.41, 5.74) is 0. The molecule has 0 radical (unpaired) electrons. The maximum atomic E-state index is 10.2. The Bertz CT molecular complexity index is 176. The Kier molecular flexibility index (Phi) is 5.24. The van der Waals surface area contributed by atoms with Crippen molar-refractivity contribution >= 4 is 21.2 Å². The van der Waals surface area contributed by atoms with Gasteiger partial charge in [0.25, 0.3) is 0 Å². The van der Waals surface area contributed by atoms with Gasteiger partial charge in [0.15, 0.2) is 21.2 Å². The monoisotopic (exact) mass is 275 g/mol. The van der Waals surface area contributed by atoms with Gasteiger partial charge >= 0.3 is 17.1 Å². The SMILES string of the molecule is O=Ic1ccccc1.[Mn+3]. The first-order valence-corrected chi connectivity index (χ1v) is 4.21. The van der Waals surface area contributed by atoms with Crippen LogP contribution in [-0.4, -0.2) is 0 Å². The smallest absolute Gasteiger partial charge is 0.265 e. The second-order valence-electron chi connectivity index (χ2n) is 1.37. The van der Waals surface area contributed by atoms with Gasteiger partial charge in [0.1, 0.15) is 0 Å². The van der Waals surface area contributed by atoms with Crippen molar-refractivity contribution in [3.05, 3.63) is 33.9 Å². The fourth-order valence-corrected chi connectivity index (χ4v) is 1.17. The van der Waals surface area contributed by atoms with E-state index in [0.29, 0.717) is 0 Å². The van der Waals surface area contributed by atoms with E-state index in [1.54, 1.807) is 0 Å².